The molecular formula is C12H23BO2. The van der Waals surface area contributed by atoms with Crippen molar-refractivity contribution in [3.63, 3.8) is 0 Å². The van der Waals surface area contributed by atoms with Gasteiger partial charge in [-0.05, 0) is 18.3 Å². The minimum absolute atomic E-state index is 0.0203. The zero-order valence-electron chi connectivity index (χ0n) is 10.6. The van der Waals surface area contributed by atoms with Gasteiger partial charge in [-0.15, -0.1) is 0 Å². The van der Waals surface area contributed by atoms with Gasteiger partial charge in [0.25, 0.3) is 0 Å². The van der Waals surface area contributed by atoms with Crippen LogP contribution in [0.1, 0.15) is 34.1 Å². The number of rotatable bonds is 3. The maximum atomic E-state index is 6.21. The summed E-state index contributed by atoms with van der Waals surface area (Å²) >= 11 is 0. The van der Waals surface area contributed by atoms with Gasteiger partial charge in [0.15, 0.2) is 0 Å². The average Bonchev–Trinajstić information content (AvgIpc) is 2.53. The summed E-state index contributed by atoms with van der Waals surface area (Å²) in [5.41, 5.74) is 0.0203. The van der Waals surface area contributed by atoms with Crippen molar-refractivity contribution in [2.45, 2.75) is 51.8 Å². The fraction of sp³-hybridized carbons (Fsp3) is 1.00. The Morgan fingerprint density at radius 2 is 2.00 bits per heavy atom. The molecule has 0 aliphatic carbocycles. The largest absolute Gasteiger partial charge is 0.375 e. The van der Waals surface area contributed by atoms with E-state index in [1.807, 2.05) is 0 Å². The average molecular weight is 210 g/mol. The third kappa shape index (κ3) is 1.74. The summed E-state index contributed by atoms with van der Waals surface area (Å²) in [5.74, 6) is 1.93. The van der Waals surface area contributed by atoms with E-state index in [9.17, 15) is 0 Å². The van der Waals surface area contributed by atoms with Crippen LogP contribution in [0.3, 0.4) is 0 Å². The lowest BCUT2D eigenvalue weighted by atomic mass is 9.74. The van der Waals surface area contributed by atoms with Gasteiger partial charge >= 0.3 is 0 Å². The van der Waals surface area contributed by atoms with Gasteiger partial charge in [0, 0.05) is 5.92 Å². The predicted octanol–water partition coefficient (Wildman–Crippen LogP) is 1.43. The van der Waals surface area contributed by atoms with E-state index in [0.29, 0.717) is 23.9 Å². The molecule has 0 radical (unpaired) electrons. The lowest BCUT2D eigenvalue weighted by Gasteiger charge is -2.34. The van der Waals surface area contributed by atoms with Gasteiger partial charge in [-0.3, -0.25) is 0 Å². The smallest absolute Gasteiger partial charge is 0.142 e. The molecule has 2 aliphatic heterocycles. The first-order valence-corrected chi connectivity index (χ1v) is 6.25. The van der Waals surface area contributed by atoms with Crippen molar-refractivity contribution < 1.29 is 9.47 Å². The first kappa shape index (κ1) is 11.5. The van der Waals surface area contributed by atoms with E-state index in [1.54, 1.807) is 0 Å². The molecule has 0 saturated carbocycles. The van der Waals surface area contributed by atoms with Crippen LogP contribution in [0.15, 0.2) is 0 Å². The third-order valence-electron chi connectivity index (χ3n) is 3.84. The van der Waals surface area contributed by atoms with E-state index in [2.05, 4.69) is 35.5 Å². The molecule has 86 valence electrons. The number of fused-ring (bicyclic) bond motifs is 2. The molecule has 4 atom stereocenters. The highest BCUT2D eigenvalue weighted by molar-refractivity contribution is 6.11. The highest BCUT2D eigenvalue weighted by Gasteiger charge is 2.60. The van der Waals surface area contributed by atoms with Crippen LogP contribution in [0.25, 0.3) is 0 Å². The Labute approximate surface area is 94.1 Å². The molecule has 0 aromatic rings. The number of ether oxygens (including phenoxy) is 2. The molecule has 2 nitrogen and oxygen atoms in total. The summed E-state index contributed by atoms with van der Waals surface area (Å²) in [5, 5.41) is 0. The first-order valence-electron chi connectivity index (χ1n) is 6.25. The molecule has 2 heterocycles. The quantitative estimate of drug-likeness (QED) is 0.656. The molecule has 0 N–H and O–H groups in total. The van der Waals surface area contributed by atoms with Crippen LogP contribution in [-0.4, -0.2) is 32.2 Å². The topological polar surface area (TPSA) is 18.5 Å². The molecule has 0 spiro atoms. The van der Waals surface area contributed by atoms with E-state index in [4.69, 9.17) is 9.47 Å². The second-order valence-electron chi connectivity index (χ2n) is 6.03. The molecule has 2 rings (SSSR count). The molecule has 2 saturated heterocycles. The maximum Gasteiger partial charge on any atom is 0.142 e. The lowest BCUT2D eigenvalue weighted by molar-refractivity contribution is -0.122. The van der Waals surface area contributed by atoms with Gasteiger partial charge in [0.05, 0.1) is 24.3 Å². The summed E-state index contributed by atoms with van der Waals surface area (Å²) in [6, 6.07) is 0.282. The Kier molecular flexibility index (Phi) is 2.89. The standard InChI is InChI=1S/C12H23BO2/c1-7(2)5-12-6-14-10(11(13)15-12)9(12)8(3)4/h7-11H,5-6,13H2,1-4H3/t9?,10?,11-,12+/m1/s1. The minimum atomic E-state index is 0.0203. The van der Waals surface area contributed by atoms with E-state index < -0.39 is 0 Å². The highest BCUT2D eigenvalue weighted by Crippen LogP contribution is 2.50. The predicted molar refractivity (Wildman–Crippen MR) is 63.7 cm³/mol. The zero-order valence-corrected chi connectivity index (χ0v) is 10.6. The van der Waals surface area contributed by atoms with Crippen LogP contribution in [0, 0.1) is 17.8 Å². The molecule has 2 aliphatic rings. The van der Waals surface area contributed by atoms with Gasteiger partial charge in [0.1, 0.15) is 7.85 Å². The highest BCUT2D eigenvalue weighted by atomic mass is 16.6. The van der Waals surface area contributed by atoms with Crippen molar-refractivity contribution in [2.75, 3.05) is 6.61 Å². The summed E-state index contributed by atoms with van der Waals surface area (Å²) in [6.45, 7) is 9.94. The van der Waals surface area contributed by atoms with Crippen molar-refractivity contribution >= 4 is 7.85 Å². The minimum Gasteiger partial charge on any atom is -0.375 e. The molecule has 15 heavy (non-hydrogen) atoms. The van der Waals surface area contributed by atoms with E-state index >= 15 is 0 Å². The summed E-state index contributed by atoms with van der Waals surface area (Å²) in [6.07, 6.45) is 1.47. The normalized spacial score (nSPS) is 44.5. The van der Waals surface area contributed by atoms with Gasteiger partial charge in [-0.1, -0.05) is 27.7 Å². The number of hydrogen-bond acceptors (Lipinski definition) is 2. The Bertz CT molecular complexity index is 242. The maximum absolute atomic E-state index is 6.21. The number of hydrogen-bond donors (Lipinski definition) is 0. The van der Waals surface area contributed by atoms with Crippen LogP contribution >= 0.6 is 0 Å². The molecule has 2 bridgehead atoms. The lowest BCUT2D eigenvalue weighted by Crippen LogP contribution is -2.41. The Hall–Kier alpha value is -0.0151. The summed E-state index contributed by atoms with van der Waals surface area (Å²) in [7, 11) is 2.15. The molecule has 0 aromatic heterocycles. The van der Waals surface area contributed by atoms with Crippen LogP contribution in [-0.2, 0) is 9.47 Å². The van der Waals surface area contributed by atoms with Gasteiger partial charge < -0.3 is 9.47 Å². The van der Waals surface area contributed by atoms with Crippen molar-refractivity contribution in [1.29, 1.82) is 0 Å². The SMILES string of the molecule is B[C@@H]1O[C@@]2(CC(C)C)COC1C2C(C)C. The molecule has 3 heteroatoms. The zero-order chi connectivity index (χ0) is 11.2. The fourth-order valence-electron chi connectivity index (χ4n) is 3.63. The second-order valence-corrected chi connectivity index (χ2v) is 6.03. The van der Waals surface area contributed by atoms with E-state index in [0.717, 1.165) is 13.0 Å². The van der Waals surface area contributed by atoms with Crippen LogP contribution < -0.4 is 0 Å². The van der Waals surface area contributed by atoms with Crippen LogP contribution in [0.2, 0.25) is 0 Å². The van der Waals surface area contributed by atoms with Crippen LogP contribution in [0.5, 0.6) is 0 Å². The van der Waals surface area contributed by atoms with Gasteiger partial charge in [-0.25, -0.2) is 0 Å². The Morgan fingerprint density at radius 3 is 2.47 bits per heavy atom. The molecule has 0 amide bonds. The van der Waals surface area contributed by atoms with Crippen molar-refractivity contribution in [1.82, 2.24) is 0 Å². The first-order chi connectivity index (χ1) is 6.96. The van der Waals surface area contributed by atoms with Crippen molar-refractivity contribution in [2.24, 2.45) is 17.8 Å². The van der Waals surface area contributed by atoms with Gasteiger partial charge in [-0.2, -0.15) is 0 Å². The fourth-order valence-corrected chi connectivity index (χ4v) is 3.63. The van der Waals surface area contributed by atoms with Crippen molar-refractivity contribution in [3.05, 3.63) is 0 Å². The molecule has 0 aromatic carbocycles. The Balaban J connectivity index is 2.21. The Morgan fingerprint density at radius 1 is 1.33 bits per heavy atom. The summed E-state index contributed by atoms with van der Waals surface area (Å²) in [4.78, 5) is 0. The van der Waals surface area contributed by atoms with Crippen LogP contribution in [0.4, 0.5) is 0 Å². The van der Waals surface area contributed by atoms with Crippen molar-refractivity contribution in [3.8, 4) is 0 Å². The molecule has 2 fully saturated rings. The molecule has 2 unspecified atom stereocenters. The second kappa shape index (κ2) is 3.78. The third-order valence-corrected chi connectivity index (χ3v) is 3.84. The molecular weight excluding hydrogens is 187 g/mol. The van der Waals surface area contributed by atoms with E-state index in [1.165, 1.54) is 0 Å². The monoisotopic (exact) mass is 210 g/mol. The van der Waals surface area contributed by atoms with Gasteiger partial charge in [0.2, 0.25) is 0 Å². The van der Waals surface area contributed by atoms with E-state index in [-0.39, 0.29) is 11.6 Å². The summed E-state index contributed by atoms with van der Waals surface area (Å²) < 4.78 is 12.1.